The van der Waals surface area contributed by atoms with Crippen LogP contribution in [0.15, 0.2) is 18.2 Å². The summed E-state index contributed by atoms with van der Waals surface area (Å²) in [4.78, 5) is 13.3. The van der Waals surface area contributed by atoms with E-state index in [1.807, 2.05) is 0 Å². The maximum absolute atomic E-state index is 13.6. The number of hydrogen-bond donors (Lipinski definition) is 1. The van der Waals surface area contributed by atoms with Gasteiger partial charge in [-0.15, -0.1) is 0 Å². The Balaban J connectivity index is 2.14. The molecule has 0 spiro atoms. The van der Waals surface area contributed by atoms with E-state index in [4.69, 9.17) is 17.3 Å². The molecule has 0 saturated carbocycles. The topological polar surface area (TPSA) is 46.3 Å². The first-order valence-corrected chi connectivity index (χ1v) is 5.90. The summed E-state index contributed by atoms with van der Waals surface area (Å²) < 4.78 is 13.6. The number of carbonyl (C=O) groups is 1. The van der Waals surface area contributed by atoms with E-state index < -0.39 is 0 Å². The van der Waals surface area contributed by atoms with Gasteiger partial charge in [0.25, 0.3) is 0 Å². The minimum absolute atomic E-state index is 0.0137. The predicted octanol–water partition coefficient (Wildman–Crippen LogP) is 1.79. The molecule has 17 heavy (non-hydrogen) atoms. The molecular weight excluding hydrogens is 243 g/mol. The highest BCUT2D eigenvalue weighted by molar-refractivity contribution is 6.31. The second-order valence-electron chi connectivity index (χ2n) is 4.28. The van der Waals surface area contributed by atoms with Gasteiger partial charge in [-0.1, -0.05) is 17.7 Å². The standard InChI is InChI=1S/C12H14ClFN2O/c13-10-2-1-3-11(14)9(10)7-16-6-8(5-15)4-12(16)17/h1-3,8H,4-7,15H2. The Morgan fingerprint density at radius 2 is 2.29 bits per heavy atom. The largest absolute Gasteiger partial charge is 0.338 e. The van der Waals surface area contributed by atoms with Crippen LogP contribution in [0.5, 0.6) is 0 Å². The molecule has 2 rings (SSSR count). The fraction of sp³-hybridized carbons (Fsp3) is 0.417. The highest BCUT2D eigenvalue weighted by Gasteiger charge is 2.29. The Kier molecular flexibility index (Phi) is 3.64. The summed E-state index contributed by atoms with van der Waals surface area (Å²) in [6.45, 7) is 1.29. The molecule has 0 radical (unpaired) electrons. The quantitative estimate of drug-likeness (QED) is 0.896. The summed E-state index contributed by atoms with van der Waals surface area (Å²) >= 11 is 5.92. The number of likely N-dealkylation sites (tertiary alicyclic amines) is 1. The van der Waals surface area contributed by atoms with E-state index in [1.165, 1.54) is 6.07 Å². The second kappa shape index (κ2) is 5.02. The highest BCUT2D eigenvalue weighted by Crippen LogP contribution is 2.24. The molecule has 0 bridgehead atoms. The van der Waals surface area contributed by atoms with Crippen LogP contribution >= 0.6 is 11.6 Å². The predicted molar refractivity (Wildman–Crippen MR) is 64.0 cm³/mol. The van der Waals surface area contributed by atoms with Gasteiger partial charge in [0.1, 0.15) is 5.82 Å². The van der Waals surface area contributed by atoms with E-state index in [9.17, 15) is 9.18 Å². The molecule has 1 unspecified atom stereocenters. The van der Waals surface area contributed by atoms with Crippen LogP contribution in [0.25, 0.3) is 0 Å². The average molecular weight is 257 g/mol. The van der Waals surface area contributed by atoms with Crippen LogP contribution in [-0.2, 0) is 11.3 Å². The number of amides is 1. The first-order chi connectivity index (χ1) is 8.11. The first kappa shape index (κ1) is 12.3. The number of nitrogens with zero attached hydrogens (tertiary/aromatic N) is 1. The van der Waals surface area contributed by atoms with Gasteiger partial charge in [0, 0.05) is 30.1 Å². The van der Waals surface area contributed by atoms with Crippen LogP contribution < -0.4 is 5.73 Å². The van der Waals surface area contributed by atoms with Gasteiger partial charge in [-0.25, -0.2) is 4.39 Å². The average Bonchev–Trinajstić information content (AvgIpc) is 2.65. The number of hydrogen-bond acceptors (Lipinski definition) is 2. The van der Waals surface area contributed by atoms with Crippen LogP contribution in [0.1, 0.15) is 12.0 Å². The van der Waals surface area contributed by atoms with Crippen molar-refractivity contribution in [3.05, 3.63) is 34.6 Å². The van der Waals surface area contributed by atoms with Gasteiger partial charge in [0.05, 0.1) is 0 Å². The molecule has 1 atom stereocenters. The highest BCUT2D eigenvalue weighted by atomic mass is 35.5. The molecule has 0 aliphatic carbocycles. The van der Waals surface area contributed by atoms with Crippen molar-refractivity contribution in [3.8, 4) is 0 Å². The zero-order chi connectivity index (χ0) is 12.4. The molecule has 0 aromatic heterocycles. The van der Waals surface area contributed by atoms with Crippen LogP contribution in [0, 0.1) is 11.7 Å². The summed E-state index contributed by atoms with van der Waals surface area (Å²) in [6.07, 6.45) is 0.447. The minimum Gasteiger partial charge on any atom is -0.338 e. The van der Waals surface area contributed by atoms with E-state index in [1.54, 1.807) is 17.0 Å². The lowest BCUT2D eigenvalue weighted by molar-refractivity contribution is -0.128. The van der Waals surface area contributed by atoms with E-state index in [0.717, 1.165) is 0 Å². The second-order valence-corrected chi connectivity index (χ2v) is 4.69. The van der Waals surface area contributed by atoms with Crippen molar-refractivity contribution in [2.75, 3.05) is 13.1 Å². The van der Waals surface area contributed by atoms with Crippen molar-refractivity contribution in [2.45, 2.75) is 13.0 Å². The molecule has 1 aliphatic heterocycles. The van der Waals surface area contributed by atoms with Gasteiger partial charge >= 0.3 is 0 Å². The smallest absolute Gasteiger partial charge is 0.223 e. The van der Waals surface area contributed by atoms with Gasteiger partial charge in [0.15, 0.2) is 0 Å². The Morgan fingerprint density at radius 3 is 2.88 bits per heavy atom. The lowest BCUT2D eigenvalue weighted by Crippen LogP contribution is -2.26. The molecule has 1 heterocycles. The summed E-state index contributed by atoms with van der Waals surface area (Å²) in [5.74, 6) is -0.186. The van der Waals surface area contributed by atoms with Crippen molar-refractivity contribution < 1.29 is 9.18 Å². The third-order valence-corrected chi connectivity index (χ3v) is 3.39. The Morgan fingerprint density at radius 1 is 1.53 bits per heavy atom. The summed E-state index contributed by atoms with van der Waals surface area (Å²) in [6, 6.07) is 4.53. The van der Waals surface area contributed by atoms with Crippen molar-refractivity contribution in [1.82, 2.24) is 4.90 Å². The maximum Gasteiger partial charge on any atom is 0.223 e. The van der Waals surface area contributed by atoms with Gasteiger partial charge < -0.3 is 10.6 Å². The Bertz CT molecular complexity index is 418. The molecule has 5 heteroatoms. The van der Waals surface area contributed by atoms with Gasteiger partial charge in [-0.3, -0.25) is 4.79 Å². The number of rotatable bonds is 3. The monoisotopic (exact) mass is 256 g/mol. The van der Waals surface area contributed by atoms with E-state index in [0.29, 0.717) is 30.1 Å². The zero-order valence-corrected chi connectivity index (χ0v) is 10.1. The Hall–Kier alpha value is -1.13. The molecule has 1 aromatic rings. The minimum atomic E-state index is -0.374. The zero-order valence-electron chi connectivity index (χ0n) is 9.33. The van der Waals surface area contributed by atoms with Crippen molar-refractivity contribution >= 4 is 17.5 Å². The van der Waals surface area contributed by atoms with Gasteiger partial charge in [-0.2, -0.15) is 0 Å². The first-order valence-electron chi connectivity index (χ1n) is 5.52. The summed E-state index contributed by atoms with van der Waals surface area (Å²) in [7, 11) is 0. The number of carbonyl (C=O) groups excluding carboxylic acids is 1. The molecule has 1 saturated heterocycles. The van der Waals surface area contributed by atoms with Crippen molar-refractivity contribution in [1.29, 1.82) is 0 Å². The molecule has 1 aromatic carbocycles. The molecule has 3 nitrogen and oxygen atoms in total. The van der Waals surface area contributed by atoms with Crippen LogP contribution in [0.2, 0.25) is 5.02 Å². The Labute approximate surface area is 104 Å². The molecule has 1 amide bonds. The maximum atomic E-state index is 13.6. The van der Waals surface area contributed by atoms with Crippen LogP contribution in [0.4, 0.5) is 4.39 Å². The molecule has 2 N–H and O–H groups in total. The van der Waals surface area contributed by atoms with Crippen LogP contribution in [0.3, 0.4) is 0 Å². The van der Waals surface area contributed by atoms with E-state index in [2.05, 4.69) is 0 Å². The number of benzene rings is 1. The molecule has 92 valence electrons. The van der Waals surface area contributed by atoms with E-state index in [-0.39, 0.29) is 24.2 Å². The fourth-order valence-electron chi connectivity index (χ4n) is 2.04. The van der Waals surface area contributed by atoms with Crippen molar-refractivity contribution in [3.63, 3.8) is 0 Å². The normalized spacial score (nSPS) is 20.1. The van der Waals surface area contributed by atoms with E-state index >= 15 is 0 Å². The SMILES string of the molecule is NCC1CC(=O)N(Cc2c(F)cccc2Cl)C1. The summed E-state index contributed by atoms with van der Waals surface area (Å²) in [5, 5.41) is 0.356. The lowest BCUT2D eigenvalue weighted by Gasteiger charge is -2.17. The van der Waals surface area contributed by atoms with Crippen molar-refractivity contribution in [2.24, 2.45) is 11.7 Å². The lowest BCUT2D eigenvalue weighted by atomic mass is 10.1. The molecule has 1 fully saturated rings. The number of nitrogens with two attached hydrogens (primary N) is 1. The molecule has 1 aliphatic rings. The van der Waals surface area contributed by atoms with Gasteiger partial charge in [0.2, 0.25) is 5.91 Å². The molecular formula is C12H14ClFN2O. The third-order valence-electron chi connectivity index (χ3n) is 3.04. The number of halogens is 2. The summed E-state index contributed by atoms with van der Waals surface area (Å²) in [5.41, 5.74) is 5.91. The van der Waals surface area contributed by atoms with Gasteiger partial charge in [-0.05, 0) is 24.6 Å². The fourth-order valence-corrected chi connectivity index (χ4v) is 2.26. The van der Waals surface area contributed by atoms with Crippen LogP contribution in [-0.4, -0.2) is 23.9 Å². The third kappa shape index (κ3) is 2.58.